The molecule has 232 valence electrons. The van der Waals surface area contributed by atoms with Gasteiger partial charge in [-0.25, -0.2) is 4.79 Å². The Morgan fingerprint density at radius 2 is 1.71 bits per heavy atom. The molecule has 4 unspecified atom stereocenters. The van der Waals surface area contributed by atoms with Crippen LogP contribution in [-0.4, -0.2) is 62.1 Å². The van der Waals surface area contributed by atoms with Gasteiger partial charge in [0.2, 0.25) is 0 Å². The first kappa shape index (κ1) is 33.0. The molecule has 4 atom stereocenters. The van der Waals surface area contributed by atoms with Crippen LogP contribution in [0.4, 0.5) is 4.79 Å². The van der Waals surface area contributed by atoms with Gasteiger partial charge in [-0.05, 0) is 69.1 Å². The van der Waals surface area contributed by atoms with Crippen LogP contribution in [0.5, 0.6) is 11.5 Å². The summed E-state index contributed by atoms with van der Waals surface area (Å²) in [6, 6.07) is 5.30. The van der Waals surface area contributed by atoms with E-state index in [2.05, 4.69) is 41.5 Å². The Morgan fingerprint density at radius 1 is 1.05 bits per heavy atom. The third-order valence-electron chi connectivity index (χ3n) is 9.01. The van der Waals surface area contributed by atoms with E-state index >= 15 is 0 Å². The van der Waals surface area contributed by atoms with Crippen molar-refractivity contribution in [3.63, 3.8) is 0 Å². The van der Waals surface area contributed by atoms with Crippen molar-refractivity contribution in [2.45, 2.75) is 105 Å². The Hall–Kier alpha value is -2.48. The van der Waals surface area contributed by atoms with Gasteiger partial charge in [0.1, 0.15) is 11.7 Å². The minimum Gasteiger partial charge on any atom is -0.493 e. The van der Waals surface area contributed by atoms with Crippen LogP contribution in [0.25, 0.3) is 0 Å². The van der Waals surface area contributed by atoms with Crippen LogP contribution in [0.2, 0.25) is 0 Å². The highest BCUT2D eigenvalue weighted by molar-refractivity contribution is 5.76. The van der Waals surface area contributed by atoms with Gasteiger partial charge in [-0.3, -0.25) is 9.69 Å². The lowest BCUT2D eigenvalue weighted by Crippen LogP contribution is -2.47. The van der Waals surface area contributed by atoms with E-state index in [1.54, 1.807) is 14.2 Å². The molecule has 8 heteroatoms. The molecule has 0 N–H and O–H groups in total. The van der Waals surface area contributed by atoms with E-state index < -0.39 is 17.8 Å². The first-order valence-electron chi connectivity index (χ1n) is 15.2. The fourth-order valence-electron chi connectivity index (χ4n) is 6.90. The summed E-state index contributed by atoms with van der Waals surface area (Å²) in [6.07, 6.45) is 1.25. The SMILES string of the molecule is COCCCOc1cc(C2N(C(=O)OC(C)(C)C)C(C3CC(C(C)C)C(=O)O3)CC2(C(C)C)C(C)C)ccc1OC. The minimum absolute atomic E-state index is 0.166. The number of methoxy groups -OCH3 is 2. The number of carbonyl (C=O) groups excluding carboxylic acids is 2. The molecular weight excluding hydrogens is 522 g/mol. The van der Waals surface area contributed by atoms with Gasteiger partial charge in [0.05, 0.1) is 31.7 Å². The van der Waals surface area contributed by atoms with Crippen molar-refractivity contribution in [2.75, 3.05) is 27.4 Å². The molecule has 8 nitrogen and oxygen atoms in total. The maximum absolute atomic E-state index is 14.2. The second kappa shape index (κ2) is 13.2. The summed E-state index contributed by atoms with van der Waals surface area (Å²) in [5.74, 6) is 1.51. The topological polar surface area (TPSA) is 83.5 Å². The molecule has 1 amide bonds. The Labute approximate surface area is 247 Å². The molecule has 2 aliphatic heterocycles. The molecule has 2 saturated heterocycles. The Morgan fingerprint density at radius 3 is 2.22 bits per heavy atom. The molecule has 2 fully saturated rings. The van der Waals surface area contributed by atoms with Gasteiger partial charge in [-0.2, -0.15) is 0 Å². The zero-order valence-electron chi connectivity index (χ0n) is 27.1. The average molecular weight is 576 g/mol. The number of rotatable bonds is 11. The minimum atomic E-state index is -0.685. The number of amides is 1. The monoisotopic (exact) mass is 575 g/mol. The number of esters is 1. The maximum atomic E-state index is 14.2. The molecule has 0 radical (unpaired) electrons. The Bertz CT molecular complexity index is 1040. The van der Waals surface area contributed by atoms with Crippen molar-refractivity contribution in [1.82, 2.24) is 4.90 Å². The van der Waals surface area contributed by atoms with Crippen LogP contribution in [0.3, 0.4) is 0 Å². The first-order chi connectivity index (χ1) is 19.2. The summed E-state index contributed by atoms with van der Waals surface area (Å²) < 4.78 is 29.1. The maximum Gasteiger partial charge on any atom is 0.411 e. The molecule has 1 aromatic rings. The molecule has 0 saturated carbocycles. The Kier molecular flexibility index (Phi) is 10.7. The predicted octanol–water partition coefficient (Wildman–Crippen LogP) is 7.05. The second-order valence-electron chi connectivity index (χ2n) is 13.7. The number of hydrogen-bond acceptors (Lipinski definition) is 7. The van der Waals surface area contributed by atoms with E-state index in [0.717, 1.165) is 12.0 Å². The summed E-state index contributed by atoms with van der Waals surface area (Å²) >= 11 is 0. The average Bonchev–Trinajstić information content (AvgIpc) is 3.45. The molecule has 0 bridgehead atoms. The Balaban J connectivity index is 2.18. The zero-order chi connectivity index (χ0) is 30.7. The normalized spacial score (nSPS) is 24.3. The highest BCUT2D eigenvalue weighted by Crippen LogP contribution is 2.60. The van der Waals surface area contributed by atoms with Crippen LogP contribution in [0.15, 0.2) is 18.2 Å². The smallest absolute Gasteiger partial charge is 0.411 e. The van der Waals surface area contributed by atoms with Crippen molar-refractivity contribution < 1.29 is 33.3 Å². The number of ether oxygens (including phenoxy) is 5. The van der Waals surface area contributed by atoms with Crippen molar-refractivity contribution in [2.24, 2.45) is 29.1 Å². The molecule has 0 aliphatic carbocycles. The number of hydrogen-bond donors (Lipinski definition) is 0. The highest BCUT2D eigenvalue weighted by atomic mass is 16.6. The van der Waals surface area contributed by atoms with Crippen LogP contribution in [0, 0.1) is 29.1 Å². The molecule has 3 rings (SSSR count). The zero-order valence-corrected chi connectivity index (χ0v) is 27.1. The number of carbonyl (C=O) groups is 2. The standard InChI is InChI=1S/C33H53NO7/c1-20(2)24-18-27(40-30(24)35)25-19-33(21(3)4,22(5)6)29(34(25)31(36)41-32(7,8)9)23-13-14-26(38-11)28(17-23)39-16-12-15-37-10/h13-14,17,20-22,24-25,27,29H,12,15-16,18-19H2,1-11H3. The van der Waals surface area contributed by atoms with Gasteiger partial charge >= 0.3 is 12.1 Å². The van der Waals surface area contributed by atoms with Crippen LogP contribution >= 0.6 is 0 Å². The summed E-state index contributed by atoms with van der Waals surface area (Å²) in [5.41, 5.74) is -0.0469. The molecule has 2 heterocycles. The lowest BCUT2D eigenvalue weighted by Gasteiger charge is -2.45. The predicted molar refractivity (Wildman–Crippen MR) is 159 cm³/mol. The third kappa shape index (κ3) is 6.95. The van der Waals surface area contributed by atoms with Gasteiger partial charge < -0.3 is 23.7 Å². The fraction of sp³-hybridized carbons (Fsp3) is 0.758. The highest BCUT2D eigenvalue weighted by Gasteiger charge is 2.61. The molecule has 1 aromatic carbocycles. The van der Waals surface area contributed by atoms with Crippen molar-refractivity contribution in [3.8, 4) is 11.5 Å². The first-order valence-corrected chi connectivity index (χ1v) is 15.2. The van der Waals surface area contributed by atoms with E-state index in [0.29, 0.717) is 37.6 Å². The summed E-state index contributed by atoms with van der Waals surface area (Å²) in [6.45, 7) is 19.7. The third-order valence-corrected chi connectivity index (χ3v) is 9.01. The van der Waals surface area contributed by atoms with Crippen LogP contribution < -0.4 is 9.47 Å². The summed E-state index contributed by atoms with van der Waals surface area (Å²) in [5, 5.41) is 0. The summed E-state index contributed by atoms with van der Waals surface area (Å²) in [7, 11) is 3.30. The van der Waals surface area contributed by atoms with Crippen molar-refractivity contribution in [1.29, 1.82) is 0 Å². The van der Waals surface area contributed by atoms with Crippen LogP contribution in [0.1, 0.15) is 93.2 Å². The van der Waals surface area contributed by atoms with E-state index in [9.17, 15) is 9.59 Å². The van der Waals surface area contributed by atoms with E-state index in [1.165, 1.54) is 0 Å². The number of likely N-dealkylation sites (tertiary alicyclic amines) is 1. The van der Waals surface area contributed by atoms with Gasteiger partial charge in [0.25, 0.3) is 0 Å². The molecular formula is C33H53NO7. The number of nitrogens with zero attached hydrogens (tertiary/aromatic N) is 1. The van der Waals surface area contributed by atoms with Crippen molar-refractivity contribution in [3.05, 3.63) is 23.8 Å². The van der Waals surface area contributed by atoms with Gasteiger partial charge in [0.15, 0.2) is 11.5 Å². The largest absolute Gasteiger partial charge is 0.493 e. The molecule has 0 spiro atoms. The molecule has 41 heavy (non-hydrogen) atoms. The van der Waals surface area contributed by atoms with Gasteiger partial charge in [-0.1, -0.05) is 47.6 Å². The molecule has 0 aromatic heterocycles. The second-order valence-corrected chi connectivity index (χ2v) is 13.7. The lowest BCUT2D eigenvalue weighted by atomic mass is 9.62. The van der Waals surface area contributed by atoms with Crippen LogP contribution in [-0.2, 0) is 19.0 Å². The van der Waals surface area contributed by atoms with E-state index in [1.807, 2.05) is 43.9 Å². The lowest BCUT2D eigenvalue weighted by molar-refractivity contribution is -0.147. The van der Waals surface area contributed by atoms with E-state index in [-0.39, 0.29) is 47.1 Å². The van der Waals surface area contributed by atoms with Gasteiger partial charge in [-0.15, -0.1) is 0 Å². The fourth-order valence-corrected chi connectivity index (χ4v) is 6.90. The van der Waals surface area contributed by atoms with Crippen molar-refractivity contribution >= 4 is 12.1 Å². The quantitative estimate of drug-likeness (QED) is 0.207. The van der Waals surface area contributed by atoms with Gasteiger partial charge in [0, 0.05) is 25.6 Å². The molecule has 2 aliphatic rings. The number of benzene rings is 1. The number of cyclic esters (lactones) is 1. The van der Waals surface area contributed by atoms with E-state index in [4.69, 9.17) is 23.7 Å². The summed E-state index contributed by atoms with van der Waals surface area (Å²) in [4.78, 5) is 29.0.